The van der Waals surface area contributed by atoms with Crippen molar-refractivity contribution in [2.24, 2.45) is 0 Å². The van der Waals surface area contributed by atoms with Crippen molar-refractivity contribution in [1.29, 1.82) is 0 Å². The number of aromatic nitrogens is 2. The van der Waals surface area contributed by atoms with Crippen molar-refractivity contribution >= 4 is 5.82 Å². The van der Waals surface area contributed by atoms with Crippen LogP contribution in [0.15, 0.2) is 36.7 Å². The zero-order chi connectivity index (χ0) is 16.8. The number of ether oxygens (including phenoxy) is 2. The maximum atomic E-state index is 5.85. The van der Waals surface area contributed by atoms with Gasteiger partial charge in [0.2, 0.25) is 0 Å². The third kappa shape index (κ3) is 4.21. The number of hydrogen-bond donors (Lipinski definition) is 1. The molecule has 1 N–H and O–H groups in total. The highest BCUT2D eigenvalue weighted by atomic mass is 16.5. The summed E-state index contributed by atoms with van der Waals surface area (Å²) in [6.07, 6.45) is 3.68. The number of methoxy groups -OCH3 is 1. The summed E-state index contributed by atoms with van der Waals surface area (Å²) in [5.74, 6) is 1.74. The van der Waals surface area contributed by atoms with Gasteiger partial charge in [0.15, 0.2) is 0 Å². The summed E-state index contributed by atoms with van der Waals surface area (Å²) in [5.41, 5.74) is 1.84. The summed E-state index contributed by atoms with van der Waals surface area (Å²) in [5, 5.41) is 3.34. The highest BCUT2D eigenvalue weighted by Gasteiger charge is 2.12. The number of rotatable bonds is 6. The second-order valence-electron chi connectivity index (χ2n) is 5.91. The molecule has 1 aliphatic heterocycles. The SMILES string of the molecule is COCC(C)Oc1cccc(-c2cnc(N3CCNCC3)cn2)c1. The molecule has 2 heterocycles. The maximum Gasteiger partial charge on any atom is 0.147 e. The van der Waals surface area contributed by atoms with E-state index in [9.17, 15) is 0 Å². The van der Waals surface area contributed by atoms with Crippen molar-refractivity contribution in [1.82, 2.24) is 15.3 Å². The molecule has 0 radical (unpaired) electrons. The number of benzene rings is 1. The fraction of sp³-hybridized carbons (Fsp3) is 0.444. The number of hydrogen-bond acceptors (Lipinski definition) is 6. The molecule has 2 aromatic rings. The van der Waals surface area contributed by atoms with Crippen LogP contribution in [0.3, 0.4) is 0 Å². The lowest BCUT2D eigenvalue weighted by Gasteiger charge is -2.28. The smallest absolute Gasteiger partial charge is 0.147 e. The average Bonchev–Trinajstić information content (AvgIpc) is 2.63. The normalized spacial score (nSPS) is 16.0. The van der Waals surface area contributed by atoms with Crippen LogP contribution in [0, 0.1) is 0 Å². The Kier molecular flexibility index (Phi) is 5.61. The summed E-state index contributed by atoms with van der Waals surface area (Å²) in [4.78, 5) is 11.4. The van der Waals surface area contributed by atoms with Crippen LogP contribution < -0.4 is 15.0 Å². The third-order valence-corrected chi connectivity index (χ3v) is 3.95. The van der Waals surface area contributed by atoms with Crippen LogP contribution in [0.5, 0.6) is 5.75 Å². The first-order valence-electron chi connectivity index (χ1n) is 8.30. The number of nitrogens with one attached hydrogen (secondary N) is 1. The van der Waals surface area contributed by atoms with Gasteiger partial charge < -0.3 is 19.7 Å². The van der Waals surface area contributed by atoms with Gasteiger partial charge in [-0.25, -0.2) is 4.98 Å². The molecule has 1 fully saturated rings. The van der Waals surface area contributed by atoms with E-state index in [1.54, 1.807) is 7.11 Å². The molecule has 1 aromatic carbocycles. The molecule has 128 valence electrons. The first-order chi connectivity index (χ1) is 11.8. The van der Waals surface area contributed by atoms with E-state index >= 15 is 0 Å². The van der Waals surface area contributed by atoms with Crippen LogP contribution in [-0.4, -0.2) is 56.0 Å². The Balaban J connectivity index is 1.71. The molecule has 1 unspecified atom stereocenters. The molecule has 1 aliphatic rings. The molecule has 6 heteroatoms. The lowest BCUT2D eigenvalue weighted by atomic mass is 10.1. The zero-order valence-corrected chi connectivity index (χ0v) is 14.2. The Morgan fingerprint density at radius 1 is 1.21 bits per heavy atom. The summed E-state index contributed by atoms with van der Waals surface area (Å²) in [7, 11) is 1.67. The van der Waals surface area contributed by atoms with Gasteiger partial charge in [-0.05, 0) is 19.1 Å². The van der Waals surface area contributed by atoms with Crippen LogP contribution in [0.4, 0.5) is 5.82 Å². The van der Waals surface area contributed by atoms with Crippen molar-refractivity contribution in [2.45, 2.75) is 13.0 Å². The van der Waals surface area contributed by atoms with Crippen LogP contribution in [-0.2, 0) is 4.74 Å². The Bertz CT molecular complexity index is 642. The van der Waals surface area contributed by atoms with Crippen molar-refractivity contribution < 1.29 is 9.47 Å². The molecule has 1 atom stereocenters. The van der Waals surface area contributed by atoms with Gasteiger partial charge in [0.05, 0.1) is 24.7 Å². The molecule has 1 aromatic heterocycles. The quantitative estimate of drug-likeness (QED) is 0.875. The largest absolute Gasteiger partial charge is 0.488 e. The molecule has 0 aliphatic carbocycles. The third-order valence-electron chi connectivity index (χ3n) is 3.95. The molecule has 0 saturated carbocycles. The molecule has 1 saturated heterocycles. The van der Waals surface area contributed by atoms with Crippen LogP contribution in [0.25, 0.3) is 11.3 Å². The Hall–Kier alpha value is -2.18. The van der Waals surface area contributed by atoms with E-state index in [2.05, 4.69) is 20.2 Å². The van der Waals surface area contributed by atoms with E-state index < -0.39 is 0 Å². The monoisotopic (exact) mass is 328 g/mol. The van der Waals surface area contributed by atoms with Crippen molar-refractivity contribution in [2.75, 3.05) is 44.8 Å². The van der Waals surface area contributed by atoms with E-state index in [0.29, 0.717) is 6.61 Å². The van der Waals surface area contributed by atoms with Crippen molar-refractivity contribution in [3.8, 4) is 17.0 Å². The predicted molar refractivity (Wildman–Crippen MR) is 94.5 cm³/mol. The van der Waals surface area contributed by atoms with Crippen molar-refractivity contribution in [3.05, 3.63) is 36.7 Å². The molecule has 0 amide bonds. The van der Waals surface area contributed by atoms with Gasteiger partial charge in [-0.3, -0.25) is 4.98 Å². The van der Waals surface area contributed by atoms with Gasteiger partial charge in [0.1, 0.15) is 17.7 Å². The molecule has 6 nitrogen and oxygen atoms in total. The molecule has 3 rings (SSSR count). The number of nitrogens with zero attached hydrogens (tertiary/aromatic N) is 3. The second kappa shape index (κ2) is 8.08. The Morgan fingerprint density at radius 3 is 2.75 bits per heavy atom. The van der Waals surface area contributed by atoms with Gasteiger partial charge in [0, 0.05) is 38.9 Å². The van der Waals surface area contributed by atoms with Crippen molar-refractivity contribution in [3.63, 3.8) is 0 Å². The minimum Gasteiger partial charge on any atom is -0.488 e. The van der Waals surface area contributed by atoms with Gasteiger partial charge in [-0.1, -0.05) is 12.1 Å². The minimum absolute atomic E-state index is 0.00595. The van der Waals surface area contributed by atoms with Gasteiger partial charge in [-0.2, -0.15) is 0 Å². The average molecular weight is 328 g/mol. The van der Waals surface area contributed by atoms with Crippen LogP contribution in [0.2, 0.25) is 0 Å². The van der Waals surface area contributed by atoms with E-state index in [1.165, 1.54) is 0 Å². The maximum absolute atomic E-state index is 5.85. The van der Waals surface area contributed by atoms with Crippen LogP contribution in [0.1, 0.15) is 6.92 Å². The lowest BCUT2D eigenvalue weighted by molar-refractivity contribution is 0.0921. The highest BCUT2D eigenvalue weighted by molar-refractivity contribution is 5.61. The molecule has 24 heavy (non-hydrogen) atoms. The Morgan fingerprint density at radius 2 is 2.04 bits per heavy atom. The van der Waals surface area contributed by atoms with E-state index in [1.807, 2.05) is 43.6 Å². The fourth-order valence-electron chi connectivity index (χ4n) is 2.76. The fourth-order valence-corrected chi connectivity index (χ4v) is 2.76. The number of piperazine rings is 1. The van der Waals surface area contributed by atoms with Gasteiger partial charge >= 0.3 is 0 Å². The molecule has 0 spiro atoms. The predicted octanol–water partition coefficient (Wildman–Crippen LogP) is 1.97. The molecule has 0 bridgehead atoms. The second-order valence-corrected chi connectivity index (χ2v) is 5.91. The summed E-state index contributed by atoms with van der Waals surface area (Å²) in [6.45, 7) is 6.45. The van der Waals surface area contributed by atoms with Gasteiger partial charge in [0.25, 0.3) is 0 Å². The molecular formula is C18H24N4O2. The first-order valence-corrected chi connectivity index (χ1v) is 8.30. The summed E-state index contributed by atoms with van der Waals surface area (Å²) >= 11 is 0. The van der Waals surface area contributed by atoms with E-state index in [-0.39, 0.29) is 6.10 Å². The zero-order valence-electron chi connectivity index (χ0n) is 14.2. The number of anilines is 1. The summed E-state index contributed by atoms with van der Waals surface area (Å²) in [6, 6.07) is 7.91. The standard InChI is InChI=1S/C18H24N4O2/c1-14(13-23-2)24-16-5-3-4-15(10-16)17-11-21-18(12-20-17)22-8-6-19-7-9-22/h3-5,10-12,14,19H,6-9,13H2,1-2H3. The highest BCUT2D eigenvalue weighted by Crippen LogP contribution is 2.23. The Labute approximate surface area is 142 Å². The molecular weight excluding hydrogens is 304 g/mol. The van der Waals surface area contributed by atoms with E-state index in [0.717, 1.165) is 49.0 Å². The van der Waals surface area contributed by atoms with Crippen LogP contribution >= 0.6 is 0 Å². The first kappa shape index (κ1) is 16.7. The summed E-state index contributed by atoms with van der Waals surface area (Å²) < 4.78 is 11.0. The van der Waals surface area contributed by atoms with Gasteiger partial charge in [-0.15, -0.1) is 0 Å². The van der Waals surface area contributed by atoms with E-state index in [4.69, 9.17) is 9.47 Å². The minimum atomic E-state index is 0.00595. The lowest BCUT2D eigenvalue weighted by Crippen LogP contribution is -2.43. The topological polar surface area (TPSA) is 59.5 Å².